The number of hydrogen-bond acceptors (Lipinski definition) is 3. The number of ether oxygens (including phenoxy) is 2. The zero-order valence-electron chi connectivity index (χ0n) is 11.7. The van der Waals surface area contributed by atoms with E-state index in [2.05, 4.69) is 23.5 Å². The Morgan fingerprint density at radius 3 is 2.84 bits per heavy atom. The van der Waals surface area contributed by atoms with Gasteiger partial charge in [-0.3, -0.25) is 0 Å². The molecular weight excluding hydrogens is 238 g/mol. The van der Waals surface area contributed by atoms with Gasteiger partial charge in [-0.1, -0.05) is 18.2 Å². The topological polar surface area (TPSA) is 30.5 Å². The number of nitrogens with one attached hydrogen (secondary N) is 1. The van der Waals surface area contributed by atoms with E-state index in [1.54, 1.807) is 7.11 Å². The Hall–Kier alpha value is -1.06. The second-order valence-electron chi connectivity index (χ2n) is 5.89. The third-order valence-electron chi connectivity index (χ3n) is 4.51. The van der Waals surface area contributed by atoms with E-state index in [1.165, 1.54) is 31.4 Å². The number of piperidine rings is 1. The predicted octanol–water partition coefficient (Wildman–Crippen LogP) is 2.35. The fourth-order valence-electron chi connectivity index (χ4n) is 3.47. The van der Waals surface area contributed by atoms with Crippen LogP contribution in [0.4, 0.5) is 0 Å². The van der Waals surface area contributed by atoms with E-state index in [4.69, 9.17) is 9.47 Å². The highest BCUT2D eigenvalue weighted by molar-refractivity contribution is 5.41. The fourth-order valence-corrected chi connectivity index (χ4v) is 3.47. The summed E-state index contributed by atoms with van der Waals surface area (Å²) in [6, 6.07) is 8.42. The molecule has 104 valence electrons. The van der Waals surface area contributed by atoms with Crippen LogP contribution >= 0.6 is 0 Å². The molecule has 2 heterocycles. The summed E-state index contributed by atoms with van der Waals surface area (Å²) in [4.78, 5) is 0. The minimum absolute atomic E-state index is 0.177. The number of methoxy groups -OCH3 is 1. The van der Waals surface area contributed by atoms with Crippen molar-refractivity contribution in [2.45, 2.75) is 24.7 Å². The molecule has 19 heavy (non-hydrogen) atoms. The van der Waals surface area contributed by atoms with Gasteiger partial charge in [-0.15, -0.1) is 0 Å². The Balaban J connectivity index is 1.81. The lowest BCUT2D eigenvalue weighted by molar-refractivity contribution is -0.0735. The summed E-state index contributed by atoms with van der Waals surface area (Å²) in [5.74, 6) is 1.78. The zero-order valence-corrected chi connectivity index (χ0v) is 11.7. The third-order valence-corrected chi connectivity index (χ3v) is 4.51. The van der Waals surface area contributed by atoms with Crippen LogP contribution in [0.2, 0.25) is 0 Å². The molecule has 1 unspecified atom stereocenters. The minimum Gasteiger partial charge on any atom is -0.496 e. The van der Waals surface area contributed by atoms with Gasteiger partial charge in [0.25, 0.3) is 0 Å². The van der Waals surface area contributed by atoms with E-state index in [-0.39, 0.29) is 5.41 Å². The van der Waals surface area contributed by atoms with Crippen molar-refractivity contribution >= 4 is 0 Å². The number of para-hydroxylation sites is 1. The van der Waals surface area contributed by atoms with Gasteiger partial charge in [-0.2, -0.15) is 0 Å². The van der Waals surface area contributed by atoms with Crippen molar-refractivity contribution < 1.29 is 9.47 Å². The molecule has 2 saturated heterocycles. The molecule has 3 nitrogen and oxygen atoms in total. The third kappa shape index (κ3) is 2.49. The Morgan fingerprint density at radius 2 is 2.21 bits per heavy atom. The van der Waals surface area contributed by atoms with Gasteiger partial charge in [0.15, 0.2) is 0 Å². The van der Waals surface area contributed by atoms with E-state index in [0.29, 0.717) is 0 Å². The molecular formula is C16H23NO2. The molecule has 1 aromatic carbocycles. The van der Waals surface area contributed by atoms with Crippen LogP contribution in [0.1, 0.15) is 24.8 Å². The van der Waals surface area contributed by atoms with Crippen molar-refractivity contribution in [1.29, 1.82) is 0 Å². The Morgan fingerprint density at radius 1 is 1.37 bits per heavy atom. The van der Waals surface area contributed by atoms with Crippen LogP contribution in [-0.2, 0) is 10.2 Å². The van der Waals surface area contributed by atoms with Gasteiger partial charge in [0.05, 0.1) is 20.3 Å². The minimum atomic E-state index is 0.177. The normalized spacial score (nSPS) is 25.6. The number of rotatable bonds is 4. The first-order valence-electron chi connectivity index (χ1n) is 7.26. The molecule has 1 N–H and O–H groups in total. The zero-order chi connectivity index (χ0) is 13.1. The van der Waals surface area contributed by atoms with Gasteiger partial charge < -0.3 is 14.8 Å². The Kier molecular flexibility index (Phi) is 3.76. The first-order chi connectivity index (χ1) is 9.34. The summed E-state index contributed by atoms with van der Waals surface area (Å²) in [5.41, 5.74) is 1.50. The van der Waals surface area contributed by atoms with E-state index in [0.717, 1.165) is 31.4 Å². The molecule has 3 heteroatoms. The average molecular weight is 261 g/mol. The molecule has 0 saturated carbocycles. The molecule has 1 aromatic rings. The summed E-state index contributed by atoms with van der Waals surface area (Å²) >= 11 is 0. The van der Waals surface area contributed by atoms with Crippen LogP contribution in [0.15, 0.2) is 24.3 Å². The van der Waals surface area contributed by atoms with Crippen LogP contribution in [0.3, 0.4) is 0 Å². The molecule has 3 rings (SSSR count). The van der Waals surface area contributed by atoms with Crippen molar-refractivity contribution in [3.05, 3.63) is 29.8 Å². The maximum absolute atomic E-state index is 5.56. The van der Waals surface area contributed by atoms with E-state index in [9.17, 15) is 0 Å². The summed E-state index contributed by atoms with van der Waals surface area (Å²) in [5, 5.41) is 3.51. The predicted molar refractivity (Wildman–Crippen MR) is 75.7 cm³/mol. The number of benzene rings is 1. The monoisotopic (exact) mass is 261 g/mol. The lowest BCUT2D eigenvalue weighted by Gasteiger charge is -2.45. The fraction of sp³-hybridized carbons (Fsp3) is 0.625. The lowest BCUT2D eigenvalue weighted by atomic mass is 9.70. The second kappa shape index (κ2) is 5.51. The molecule has 0 radical (unpaired) electrons. The quantitative estimate of drug-likeness (QED) is 0.902. The molecule has 2 aliphatic rings. The summed E-state index contributed by atoms with van der Waals surface area (Å²) in [7, 11) is 1.76. The van der Waals surface area contributed by atoms with Crippen molar-refractivity contribution in [3.63, 3.8) is 0 Å². The van der Waals surface area contributed by atoms with Gasteiger partial charge in [0.1, 0.15) is 5.75 Å². The molecule has 0 aromatic heterocycles. The smallest absolute Gasteiger partial charge is 0.122 e. The van der Waals surface area contributed by atoms with Crippen molar-refractivity contribution in [2.75, 3.05) is 33.4 Å². The first kappa shape index (κ1) is 12.9. The van der Waals surface area contributed by atoms with Gasteiger partial charge in [-0.25, -0.2) is 0 Å². The van der Waals surface area contributed by atoms with E-state index < -0.39 is 0 Å². The van der Waals surface area contributed by atoms with Gasteiger partial charge in [0, 0.05) is 11.0 Å². The van der Waals surface area contributed by atoms with E-state index >= 15 is 0 Å². The Bertz CT molecular complexity index is 423. The van der Waals surface area contributed by atoms with Gasteiger partial charge in [0.2, 0.25) is 0 Å². The molecule has 0 amide bonds. The summed E-state index contributed by atoms with van der Waals surface area (Å²) in [6.07, 6.45) is 3.85. The molecule has 0 spiro atoms. The maximum atomic E-state index is 5.56. The molecule has 0 bridgehead atoms. The highest BCUT2D eigenvalue weighted by Gasteiger charge is 2.43. The van der Waals surface area contributed by atoms with Gasteiger partial charge >= 0.3 is 0 Å². The lowest BCUT2D eigenvalue weighted by Crippen LogP contribution is -2.49. The van der Waals surface area contributed by atoms with Crippen molar-refractivity contribution in [1.82, 2.24) is 5.32 Å². The molecule has 0 aliphatic carbocycles. The van der Waals surface area contributed by atoms with E-state index in [1.807, 2.05) is 6.07 Å². The first-order valence-corrected chi connectivity index (χ1v) is 7.26. The van der Waals surface area contributed by atoms with Crippen LogP contribution in [0.25, 0.3) is 0 Å². The highest BCUT2D eigenvalue weighted by atomic mass is 16.5. The summed E-state index contributed by atoms with van der Waals surface area (Å²) in [6.45, 7) is 4.00. The standard InChI is InChI=1S/C16H23NO2/c1-18-15-7-3-2-6-14(15)16(11-19-12-16)9-13-5-4-8-17-10-13/h2-3,6-7,13,17H,4-5,8-12H2,1H3. The summed E-state index contributed by atoms with van der Waals surface area (Å²) < 4.78 is 11.1. The molecule has 2 fully saturated rings. The largest absolute Gasteiger partial charge is 0.496 e. The van der Waals surface area contributed by atoms with Crippen LogP contribution < -0.4 is 10.1 Å². The number of hydrogen-bond donors (Lipinski definition) is 1. The van der Waals surface area contributed by atoms with Crippen molar-refractivity contribution in [3.8, 4) is 5.75 Å². The highest BCUT2D eigenvalue weighted by Crippen LogP contribution is 2.43. The Labute approximate surface area is 115 Å². The molecule has 1 atom stereocenters. The average Bonchev–Trinajstić information content (AvgIpc) is 2.44. The van der Waals surface area contributed by atoms with Crippen LogP contribution in [0, 0.1) is 5.92 Å². The molecule has 2 aliphatic heterocycles. The maximum Gasteiger partial charge on any atom is 0.122 e. The van der Waals surface area contributed by atoms with Crippen LogP contribution in [-0.4, -0.2) is 33.4 Å². The SMILES string of the molecule is COc1ccccc1C1(CC2CCCNC2)COC1. The van der Waals surface area contributed by atoms with Crippen LogP contribution in [0.5, 0.6) is 5.75 Å². The second-order valence-corrected chi connectivity index (χ2v) is 5.89. The van der Waals surface area contributed by atoms with Crippen molar-refractivity contribution in [2.24, 2.45) is 5.92 Å². The van der Waals surface area contributed by atoms with Gasteiger partial charge in [-0.05, 0) is 44.3 Å².